The monoisotopic (exact) mass is 287 g/mol. The minimum atomic E-state index is -0.604. The summed E-state index contributed by atoms with van der Waals surface area (Å²) in [6.07, 6.45) is -0.604. The molecule has 1 amide bonds. The molecule has 2 aromatic rings. The third-order valence-corrected chi connectivity index (χ3v) is 2.61. The second-order valence-corrected chi connectivity index (χ2v) is 4.80. The van der Waals surface area contributed by atoms with Crippen LogP contribution in [0.25, 0.3) is 11.3 Å². The van der Waals surface area contributed by atoms with E-state index in [4.69, 9.17) is 9.36 Å². The lowest BCUT2D eigenvalue weighted by atomic mass is 10.1. The Bertz CT molecular complexity index is 633. The molecular formula is C15H17N3O3. The van der Waals surface area contributed by atoms with E-state index in [0.717, 1.165) is 5.56 Å². The van der Waals surface area contributed by atoms with Crippen molar-refractivity contribution in [3.05, 3.63) is 42.2 Å². The van der Waals surface area contributed by atoms with E-state index >= 15 is 0 Å². The van der Waals surface area contributed by atoms with Gasteiger partial charge in [-0.15, -0.1) is 0 Å². The minimum Gasteiger partial charge on any atom is -0.354 e. The van der Waals surface area contributed by atoms with E-state index in [0.29, 0.717) is 17.2 Å². The summed E-state index contributed by atoms with van der Waals surface area (Å²) in [5.74, 6) is 0.450. The number of amides is 1. The molecular weight excluding hydrogens is 270 g/mol. The highest BCUT2D eigenvalue weighted by molar-refractivity contribution is 5.96. The first-order chi connectivity index (χ1) is 10.1. The van der Waals surface area contributed by atoms with Crippen molar-refractivity contribution in [2.24, 2.45) is 5.16 Å². The van der Waals surface area contributed by atoms with Crippen LogP contribution in [0.15, 0.2) is 46.1 Å². The Balaban J connectivity index is 2.05. The Kier molecular flexibility index (Phi) is 4.71. The molecule has 0 atom stereocenters. The van der Waals surface area contributed by atoms with Gasteiger partial charge in [0, 0.05) is 17.7 Å². The van der Waals surface area contributed by atoms with E-state index < -0.39 is 6.09 Å². The topological polar surface area (TPSA) is 76.7 Å². The summed E-state index contributed by atoms with van der Waals surface area (Å²) < 4.78 is 5.20. The van der Waals surface area contributed by atoms with Crippen molar-refractivity contribution in [1.82, 2.24) is 10.5 Å². The lowest BCUT2D eigenvalue weighted by Crippen LogP contribution is -2.29. The molecule has 0 aliphatic carbocycles. The van der Waals surface area contributed by atoms with Crippen LogP contribution in [0.3, 0.4) is 0 Å². The van der Waals surface area contributed by atoms with E-state index in [-0.39, 0.29) is 6.04 Å². The van der Waals surface area contributed by atoms with Gasteiger partial charge in [0.25, 0.3) is 0 Å². The van der Waals surface area contributed by atoms with Gasteiger partial charge in [0.1, 0.15) is 11.4 Å². The zero-order valence-electron chi connectivity index (χ0n) is 12.2. The van der Waals surface area contributed by atoms with Gasteiger partial charge >= 0.3 is 6.09 Å². The molecule has 0 saturated carbocycles. The van der Waals surface area contributed by atoms with Crippen molar-refractivity contribution >= 4 is 11.8 Å². The quantitative estimate of drug-likeness (QED) is 0.532. The van der Waals surface area contributed by atoms with E-state index in [1.165, 1.54) is 0 Å². The first-order valence-corrected chi connectivity index (χ1v) is 6.61. The van der Waals surface area contributed by atoms with E-state index in [2.05, 4.69) is 15.6 Å². The average molecular weight is 287 g/mol. The Morgan fingerprint density at radius 1 is 1.33 bits per heavy atom. The number of hydrogen-bond donors (Lipinski definition) is 1. The van der Waals surface area contributed by atoms with Crippen molar-refractivity contribution < 1.29 is 14.2 Å². The van der Waals surface area contributed by atoms with Crippen LogP contribution in [-0.2, 0) is 4.84 Å². The van der Waals surface area contributed by atoms with Crippen LogP contribution in [0.2, 0.25) is 0 Å². The van der Waals surface area contributed by atoms with Gasteiger partial charge in [-0.2, -0.15) is 0 Å². The van der Waals surface area contributed by atoms with Gasteiger partial charge in [0.2, 0.25) is 0 Å². The fraction of sp³-hybridized carbons (Fsp3) is 0.267. The molecule has 1 N–H and O–H groups in total. The van der Waals surface area contributed by atoms with Gasteiger partial charge in [-0.1, -0.05) is 40.6 Å². The Morgan fingerprint density at radius 2 is 2.05 bits per heavy atom. The molecule has 21 heavy (non-hydrogen) atoms. The number of oxime groups is 1. The summed E-state index contributed by atoms with van der Waals surface area (Å²) >= 11 is 0. The summed E-state index contributed by atoms with van der Waals surface area (Å²) in [5.41, 5.74) is 2.08. The summed E-state index contributed by atoms with van der Waals surface area (Å²) in [6, 6.07) is 11.4. The standard InChI is InChI=1S/C15H17N3O3/c1-10(2)16-15(19)21-17-11(3)14-9-13(18-20-14)12-7-5-4-6-8-12/h4-10H,1-3H3,(H,16,19). The van der Waals surface area contributed by atoms with Crippen molar-refractivity contribution in [3.63, 3.8) is 0 Å². The summed E-state index contributed by atoms with van der Waals surface area (Å²) in [7, 11) is 0. The molecule has 0 spiro atoms. The fourth-order valence-electron chi connectivity index (χ4n) is 1.61. The number of nitrogens with one attached hydrogen (secondary N) is 1. The van der Waals surface area contributed by atoms with Crippen LogP contribution in [0.5, 0.6) is 0 Å². The molecule has 1 heterocycles. The summed E-state index contributed by atoms with van der Waals surface area (Å²) in [4.78, 5) is 16.1. The number of aromatic nitrogens is 1. The van der Waals surface area contributed by atoms with Crippen molar-refractivity contribution in [2.45, 2.75) is 26.8 Å². The number of carbonyl (C=O) groups excluding carboxylic acids is 1. The van der Waals surface area contributed by atoms with Crippen LogP contribution in [0.4, 0.5) is 4.79 Å². The number of hydrogen-bond acceptors (Lipinski definition) is 5. The highest BCUT2D eigenvalue weighted by atomic mass is 16.7. The van der Waals surface area contributed by atoms with Crippen molar-refractivity contribution in [3.8, 4) is 11.3 Å². The second kappa shape index (κ2) is 6.69. The zero-order valence-corrected chi connectivity index (χ0v) is 12.2. The van der Waals surface area contributed by atoms with E-state index in [1.54, 1.807) is 13.0 Å². The molecule has 0 aliphatic heterocycles. The molecule has 2 rings (SSSR count). The zero-order chi connectivity index (χ0) is 15.2. The van der Waals surface area contributed by atoms with Gasteiger partial charge in [0.05, 0.1) is 0 Å². The Morgan fingerprint density at radius 3 is 2.71 bits per heavy atom. The Hall–Kier alpha value is -2.63. The molecule has 1 aromatic carbocycles. The largest absolute Gasteiger partial charge is 0.433 e. The number of rotatable bonds is 4. The summed E-state index contributed by atoms with van der Waals surface area (Å²) in [6.45, 7) is 5.35. The fourth-order valence-corrected chi connectivity index (χ4v) is 1.61. The SMILES string of the molecule is CC(=NOC(=O)NC(C)C)c1cc(-c2ccccc2)no1. The van der Waals surface area contributed by atoms with Crippen LogP contribution in [-0.4, -0.2) is 23.0 Å². The highest BCUT2D eigenvalue weighted by Crippen LogP contribution is 2.18. The molecule has 0 radical (unpaired) electrons. The predicted molar refractivity (Wildman–Crippen MR) is 78.9 cm³/mol. The van der Waals surface area contributed by atoms with E-state index in [1.807, 2.05) is 44.2 Å². The first-order valence-electron chi connectivity index (χ1n) is 6.61. The maximum atomic E-state index is 11.3. The lowest BCUT2D eigenvalue weighted by molar-refractivity contribution is 0.148. The van der Waals surface area contributed by atoms with E-state index in [9.17, 15) is 4.79 Å². The molecule has 0 saturated heterocycles. The minimum absolute atomic E-state index is 0.0111. The van der Waals surface area contributed by atoms with Crippen LogP contribution in [0, 0.1) is 0 Å². The second-order valence-electron chi connectivity index (χ2n) is 4.80. The molecule has 0 aliphatic rings. The van der Waals surface area contributed by atoms with Crippen molar-refractivity contribution in [2.75, 3.05) is 0 Å². The lowest BCUT2D eigenvalue weighted by Gasteiger charge is -2.04. The van der Waals surface area contributed by atoms with Crippen LogP contribution in [0.1, 0.15) is 26.5 Å². The third kappa shape index (κ3) is 4.17. The third-order valence-electron chi connectivity index (χ3n) is 2.61. The Labute approximate surface area is 122 Å². The van der Waals surface area contributed by atoms with Gasteiger partial charge in [-0.05, 0) is 20.8 Å². The number of nitrogens with zero attached hydrogens (tertiary/aromatic N) is 2. The van der Waals surface area contributed by atoms with Crippen LogP contribution >= 0.6 is 0 Å². The molecule has 0 fully saturated rings. The molecule has 0 unspecified atom stereocenters. The van der Waals surface area contributed by atoms with Gasteiger partial charge in [-0.25, -0.2) is 4.79 Å². The predicted octanol–water partition coefficient (Wildman–Crippen LogP) is 3.20. The number of carbonyl (C=O) groups is 1. The molecule has 1 aromatic heterocycles. The number of benzene rings is 1. The smallest absolute Gasteiger partial charge is 0.354 e. The maximum absolute atomic E-state index is 11.3. The molecule has 6 heteroatoms. The van der Waals surface area contributed by atoms with Gasteiger partial charge in [-0.3, -0.25) is 4.84 Å². The van der Waals surface area contributed by atoms with Gasteiger partial charge in [0.15, 0.2) is 5.76 Å². The summed E-state index contributed by atoms with van der Waals surface area (Å²) in [5, 5.41) is 10.3. The molecule has 0 bridgehead atoms. The van der Waals surface area contributed by atoms with Crippen LogP contribution < -0.4 is 5.32 Å². The maximum Gasteiger partial charge on any atom is 0.433 e. The molecule has 6 nitrogen and oxygen atoms in total. The highest BCUT2D eigenvalue weighted by Gasteiger charge is 2.10. The van der Waals surface area contributed by atoms with Gasteiger partial charge < -0.3 is 9.84 Å². The average Bonchev–Trinajstić information content (AvgIpc) is 2.95. The first kappa shape index (κ1) is 14.8. The molecule has 110 valence electrons. The normalized spacial score (nSPS) is 11.5. The van der Waals surface area contributed by atoms with Crippen molar-refractivity contribution in [1.29, 1.82) is 0 Å².